The van der Waals surface area contributed by atoms with Gasteiger partial charge in [0.05, 0.1) is 18.2 Å². The number of esters is 1. The summed E-state index contributed by atoms with van der Waals surface area (Å²) in [6.45, 7) is 5.50. The zero-order valence-electron chi connectivity index (χ0n) is 13.3. The van der Waals surface area contributed by atoms with Crippen LogP contribution in [0.2, 0.25) is 5.15 Å². The Hall–Kier alpha value is -2.87. The predicted molar refractivity (Wildman–Crippen MR) is 90.1 cm³/mol. The van der Waals surface area contributed by atoms with Crippen molar-refractivity contribution in [2.45, 2.75) is 13.0 Å². The first kappa shape index (κ1) is 17.0. The number of amides is 2. The quantitative estimate of drug-likeness (QED) is 0.634. The van der Waals surface area contributed by atoms with Gasteiger partial charge in [0, 0.05) is 11.9 Å². The average molecular weight is 363 g/mol. The first-order chi connectivity index (χ1) is 11.9. The van der Waals surface area contributed by atoms with Crippen molar-refractivity contribution >= 4 is 29.2 Å². The highest BCUT2D eigenvalue weighted by Gasteiger charge is 2.41. The third-order valence-corrected chi connectivity index (χ3v) is 4.13. The number of carbonyl (C=O) groups excluding carboxylic acids is 2. The number of urea groups is 1. The van der Waals surface area contributed by atoms with Crippen LogP contribution in [0.3, 0.4) is 0 Å². The summed E-state index contributed by atoms with van der Waals surface area (Å²) in [5, 5.41) is 4.88. The van der Waals surface area contributed by atoms with Gasteiger partial charge in [0.2, 0.25) is 0 Å². The number of fused-ring (bicyclic) bond motifs is 1. The summed E-state index contributed by atoms with van der Waals surface area (Å²) in [6, 6.07) is 3.37. The number of ether oxygens (including phenoxy) is 1. The normalized spacial score (nSPS) is 20.1. The molecular formula is C16H15ClN4O4. The van der Waals surface area contributed by atoms with Crippen molar-refractivity contribution in [1.29, 1.82) is 0 Å². The Balaban J connectivity index is 2.19. The highest BCUT2D eigenvalue weighted by atomic mass is 35.5. The number of pyridine rings is 1. The lowest BCUT2D eigenvalue weighted by atomic mass is 9.90. The molecule has 2 aromatic heterocycles. The van der Waals surface area contributed by atoms with Gasteiger partial charge < -0.3 is 15.4 Å². The Morgan fingerprint density at radius 3 is 2.92 bits per heavy atom. The number of rotatable bonds is 3. The molecule has 0 saturated carbocycles. The van der Waals surface area contributed by atoms with Crippen molar-refractivity contribution in [3.05, 3.63) is 57.7 Å². The molecule has 0 spiro atoms. The van der Waals surface area contributed by atoms with Crippen LogP contribution in [0.5, 0.6) is 0 Å². The van der Waals surface area contributed by atoms with E-state index in [2.05, 4.69) is 22.2 Å². The molecule has 1 saturated heterocycles. The van der Waals surface area contributed by atoms with Crippen LogP contribution in [0.4, 0.5) is 4.79 Å². The molecule has 2 unspecified atom stereocenters. The molecule has 9 heteroatoms. The Bertz CT molecular complexity index is 939. The van der Waals surface area contributed by atoms with E-state index in [0.29, 0.717) is 5.65 Å². The lowest BCUT2D eigenvalue weighted by molar-refractivity contribution is -0.147. The maximum absolute atomic E-state index is 12.9. The second-order valence-corrected chi connectivity index (χ2v) is 5.74. The van der Waals surface area contributed by atoms with Gasteiger partial charge in [0.15, 0.2) is 0 Å². The second kappa shape index (κ2) is 6.56. The summed E-state index contributed by atoms with van der Waals surface area (Å²) in [4.78, 5) is 41.2. The predicted octanol–water partition coefficient (Wildman–Crippen LogP) is 1.39. The molecule has 1 aliphatic heterocycles. The molecule has 2 amide bonds. The lowest BCUT2D eigenvalue weighted by Gasteiger charge is -2.32. The van der Waals surface area contributed by atoms with E-state index in [9.17, 15) is 14.4 Å². The summed E-state index contributed by atoms with van der Waals surface area (Å²) in [5.41, 5.74) is -0.00170. The van der Waals surface area contributed by atoms with E-state index in [1.165, 1.54) is 10.6 Å². The van der Waals surface area contributed by atoms with Crippen molar-refractivity contribution < 1.29 is 14.3 Å². The summed E-state index contributed by atoms with van der Waals surface area (Å²) in [7, 11) is 0. The van der Waals surface area contributed by atoms with Gasteiger partial charge >= 0.3 is 12.0 Å². The van der Waals surface area contributed by atoms with Crippen molar-refractivity contribution in [3.63, 3.8) is 0 Å². The average Bonchev–Trinajstić information content (AvgIpc) is 2.54. The molecule has 1 fully saturated rings. The summed E-state index contributed by atoms with van der Waals surface area (Å²) in [6.07, 6.45) is 1.53. The highest BCUT2D eigenvalue weighted by Crippen LogP contribution is 2.31. The fraction of sp³-hybridized carbons (Fsp3) is 0.250. The molecule has 8 nitrogen and oxygen atoms in total. The van der Waals surface area contributed by atoms with Crippen molar-refractivity contribution in [2.24, 2.45) is 5.92 Å². The van der Waals surface area contributed by atoms with E-state index in [4.69, 9.17) is 16.3 Å². The molecule has 0 aliphatic carbocycles. The number of hydrogen-bond acceptors (Lipinski definition) is 5. The van der Waals surface area contributed by atoms with Gasteiger partial charge in [0.25, 0.3) is 5.56 Å². The number of nitrogens with zero attached hydrogens (tertiary/aromatic N) is 2. The van der Waals surface area contributed by atoms with Gasteiger partial charge in [-0.2, -0.15) is 0 Å². The number of nitrogens with one attached hydrogen (secondary N) is 2. The summed E-state index contributed by atoms with van der Waals surface area (Å²) in [5.74, 6) is -1.63. The molecule has 130 valence electrons. The largest absolute Gasteiger partial charge is 0.465 e. The second-order valence-electron chi connectivity index (χ2n) is 5.38. The van der Waals surface area contributed by atoms with Crippen LogP contribution < -0.4 is 16.2 Å². The number of aromatic nitrogens is 2. The van der Waals surface area contributed by atoms with Crippen LogP contribution in [0.25, 0.3) is 5.65 Å². The molecule has 0 bridgehead atoms. The third-order valence-electron chi connectivity index (χ3n) is 3.84. The van der Waals surface area contributed by atoms with Crippen molar-refractivity contribution in [3.8, 4) is 0 Å². The molecule has 2 N–H and O–H groups in total. The Morgan fingerprint density at radius 2 is 2.20 bits per heavy atom. The molecule has 0 radical (unpaired) electrons. The van der Waals surface area contributed by atoms with Gasteiger partial charge in [0.1, 0.15) is 16.7 Å². The molecule has 1 aliphatic rings. The lowest BCUT2D eigenvalue weighted by Crippen LogP contribution is -2.52. The fourth-order valence-corrected chi connectivity index (χ4v) is 3.06. The third kappa shape index (κ3) is 2.96. The van der Waals surface area contributed by atoms with Crippen LogP contribution >= 0.6 is 11.6 Å². The van der Waals surface area contributed by atoms with Crippen LogP contribution in [-0.4, -0.2) is 28.0 Å². The van der Waals surface area contributed by atoms with Gasteiger partial charge in [-0.1, -0.05) is 24.2 Å². The standard InChI is InChI=1S/C16H15ClN4O4/c1-3-25-15(23)10-8(2)18-16(24)20-12(10)11-13(17)19-9-6-4-5-7-21(9)14(11)22/h4-7,10,12H,2-3H2,1H3,(H2,18,20,24). The number of halogens is 1. The van der Waals surface area contributed by atoms with E-state index in [1.807, 2.05) is 0 Å². The number of carbonyl (C=O) groups is 2. The molecular weight excluding hydrogens is 348 g/mol. The fourth-order valence-electron chi connectivity index (χ4n) is 2.77. The minimum Gasteiger partial charge on any atom is -0.465 e. The van der Waals surface area contributed by atoms with Crippen LogP contribution in [0, 0.1) is 5.92 Å². The Kier molecular flexibility index (Phi) is 4.45. The maximum Gasteiger partial charge on any atom is 0.319 e. The van der Waals surface area contributed by atoms with E-state index in [-0.39, 0.29) is 23.0 Å². The van der Waals surface area contributed by atoms with Gasteiger partial charge in [-0.3, -0.25) is 14.0 Å². The first-order valence-electron chi connectivity index (χ1n) is 7.53. The number of hydrogen-bond donors (Lipinski definition) is 2. The maximum atomic E-state index is 12.9. The zero-order chi connectivity index (χ0) is 18.1. The van der Waals surface area contributed by atoms with Crippen molar-refractivity contribution in [1.82, 2.24) is 20.0 Å². The van der Waals surface area contributed by atoms with Gasteiger partial charge in [-0.05, 0) is 19.1 Å². The summed E-state index contributed by atoms with van der Waals surface area (Å²) < 4.78 is 6.33. The smallest absolute Gasteiger partial charge is 0.319 e. The first-order valence-corrected chi connectivity index (χ1v) is 7.91. The van der Waals surface area contributed by atoms with Crippen LogP contribution in [0.1, 0.15) is 18.5 Å². The SMILES string of the molecule is C=C1NC(=O)NC(c2c(Cl)nc3ccccn3c2=O)C1C(=O)OCC. The van der Waals surface area contributed by atoms with Crippen molar-refractivity contribution in [2.75, 3.05) is 6.61 Å². The van der Waals surface area contributed by atoms with Crippen LogP contribution in [-0.2, 0) is 9.53 Å². The van der Waals surface area contributed by atoms with Gasteiger partial charge in [-0.15, -0.1) is 0 Å². The summed E-state index contributed by atoms with van der Waals surface area (Å²) >= 11 is 6.21. The minimum atomic E-state index is -1.04. The Morgan fingerprint density at radius 1 is 1.44 bits per heavy atom. The monoisotopic (exact) mass is 362 g/mol. The van der Waals surface area contributed by atoms with Gasteiger partial charge in [-0.25, -0.2) is 9.78 Å². The minimum absolute atomic E-state index is 0.000537. The molecule has 3 heterocycles. The van der Waals surface area contributed by atoms with E-state index in [1.54, 1.807) is 25.1 Å². The van der Waals surface area contributed by atoms with E-state index >= 15 is 0 Å². The topological polar surface area (TPSA) is 102 Å². The molecule has 2 aromatic rings. The highest BCUT2D eigenvalue weighted by molar-refractivity contribution is 6.30. The molecule has 2 atom stereocenters. The van der Waals surface area contributed by atoms with E-state index < -0.39 is 29.5 Å². The molecule has 3 rings (SSSR count). The zero-order valence-corrected chi connectivity index (χ0v) is 14.0. The molecule has 0 aromatic carbocycles. The Labute approximate surface area is 147 Å². The van der Waals surface area contributed by atoms with Crippen LogP contribution in [0.15, 0.2) is 41.5 Å². The van der Waals surface area contributed by atoms with E-state index in [0.717, 1.165) is 0 Å². The molecule has 25 heavy (non-hydrogen) atoms.